The van der Waals surface area contributed by atoms with E-state index in [4.69, 9.17) is 11.6 Å². The smallest absolute Gasteiger partial charge is 0.227 e. The second-order valence-electron chi connectivity index (χ2n) is 11.3. The molecule has 2 saturated heterocycles. The highest BCUT2D eigenvalue weighted by atomic mass is 35.5. The average Bonchev–Trinajstić information content (AvgIpc) is 3.23. The van der Waals surface area contributed by atoms with Crippen molar-refractivity contribution in [3.63, 3.8) is 0 Å². The van der Waals surface area contributed by atoms with E-state index in [9.17, 15) is 18.7 Å². The number of hydrogen-bond donors (Lipinski definition) is 1. The van der Waals surface area contributed by atoms with Gasteiger partial charge in [-0.2, -0.15) is 0 Å². The van der Waals surface area contributed by atoms with E-state index in [0.717, 1.165) is 11.6 Å². The lowest BCUT2D eigenvalue weighted by molar-refractivity contribution is -0.152. The Morgan fingerprint density at radius 3 is 2.11 bits per heavy atom. The van der Waals surface area contributed by atoms with Gasteiger partial charge in [-0.1, -0.05) is 43.6 Å². The van der Waals surface area contributed by atoms with Crippen LogP contribution in [0, 0.1) is 29.4 Å². The highest BCUT2D eigenvalue weighted by molar-refractivity contribution is 6.30. The van der Waals surface area contributed by atoms with E-state index in [1.165, 1.54) is 12.1 Å². The number of aliphatic hydroxyl groups is 1. The Morgan fingerprint density at radius 1 is 1.00 bits per heavy atom. The topological polar surface area (TPSA) is 43.8 Å². The van der Waals surface area contributed by atoms with Crippen LogP contribution < -0.4 is 0 Å². The van der Waals surface area contributed by atoms with Gasteiger partial charge in [-0.25, -0.2) is 8.78 Å². The van der Waals surface area contributed by atoms with Crippen molar-refractivity contribution in [1.29, 1.82) is 0 Å². The van der Waals surface area contributed by atoms with Crippen LogP contribution in [0.5, 0.6) is 0 Å². The molecule has 0 spiro atoms. The van der Waals surface area contributed by atoms with Gasteiger partial charge in [0.1, 0.15) is 11.6 Å². The standard InChI is InChI=1S/C28H35ClF2N2O2.ClH/c1-17-13-32(14-18(2)28(17,35)19-6-8-20(29)9-7-19)26(34)24-16-33(27(3,4)5)15-23(24)22-11-10-21(30)12-25(22)31;/h6-12,17-18,23-24,35H,13-16H2,1-5H3;1H/t17-,18+,23-,24+,28?;/m0./s1. The van der Waals surface area contributed by atoms with Crippen molar-refractivity contribution in [2.24, 2.45) is 17.8 Å². The van der Waals surface area contributed by atoms with Crippen LogP contribution in [0.2, 0.25) is 5.02 Å². The van der Waals surface area contributed by atoms with Crippen LogP contribution >= 0.6 is 24.0 Å². The second-order valence-corrected chi connectivity index (χ2v) is 11.8. The predicted octanol–water partition coefficient (Wildman–Crippen LogP) is 5.86. The summed E-state index contributed by atoms with van der Waals surface area (Å²) in [6.07, 6.45) is 0. The molecule has 2 aromatic rings. The summed E-state index contributed by atoms with van der Waals surface area (Å²) in [6, 6.07) is 10.9. The number of piperidine rings is 1. The third-order valence-corrected chi connectivity index (χ3v) is 8.31. The van der Waals surface area contributed by atoms with Crippen molar-refractivity contribution in [3.05, 3.63) is 70.2 Å². The molecule has 0 radical (unpaired) electrons. The zero-order valence-electron chi connectivity index (χ0n) is 21.5. The maximum absolute atomic E-state index is 14.8. The van der Waals surface area contributed by atoms with E-state index < -0.39 is 23.2 Å². The highest BCUT2D eigenvalue weighted by Crippen LogP contribution is 2.44. The molecule has 5 atom stereocenters. The maximum atomic E-state index is 14.8. The van der Waals surface area contributed by atoms with Crippen molar-refractivity contribution in [2.45, 2.75) is 51.7 Å². The van der Waals surface area contributed by atoms with E-state index >= 15 is 0 Å². The number of halogens is 4. The number of rotatable bonds is 3. The average molecular weight is 542 g/mol. The number of amides is 1. The SMILES string of the molecule is C[C@@H]1CN(C(=O)[C@@H]2CN(C(C)(C)C)C[C@H]2c2ccc(F)cc2F)C[C@H](C)C1(O)c1ccc(Cl)cc1.Cl. The molecule has 0 aromatic heterocycles. The van der Waals surface area contributed by atoms with Gasteiger partial charge >= 0.3 is 0 Å². The summed E-state index contributed by atoms with van der Waals surface area (Å²) in [5.74, 6) is -2.52. The Balaban J connectivity index is 0.00000361. The summed E-state index contributed by atoms with van der Waals surface area (Å²) in [6.45, 7) is 12.0. The molecule has 1 amide bonds. The molecule has 2 fully saturated rings. The largest absolute Gasteiger partial charge is 0.384 e. The Kier molecular flexibility index (Phi) is 8.46. The fourth-order valence-electron chi connectivity index (χ4n) is 5.92. The Bertz CT molecular complexity index is 1080. The van der Waals surface area contributed by atoms with Crippen molar-refractivity contribution in [2.75, 3.05) is 26.2 Å². The van der Waals surface area contributed by atoms with Crippen molar-refractivity contribution in [3.8, 4) is 0 Å². The lowest BCUT2D eigenvalue weighted by atomic mass is 9.70. The van der Waals surface area contributed by atoms with Gasteiger partial charge in [-0.05, 0) is 50.1 Å². The van der Waals surface area contributed by atoms with E-state index in [1.54, 1.807) is 12.1 Å². The molecule has 2 aromatic carbocycles. The lowest BCUT2D eigenvalue weighted by Gasteiger charge is -2.48. The van der Waals surface area contributed by atoms with Gasteiger partial charge in [0, 0.05) is 60.6 Å². The number of nitrogens with zero attached hydrogens (tertiary/aromatic N) is 2. The molecule has 2 aliphatic heterocycles. The van der Waals surface area contributed by atoms with Gasteiger partial charge in [0.05, 0.1) is 11.5 Å². The van der Waals surface area contributed by atoms with Crippen LogP contribution in [0.4, 0.5) is 8.78 Å². The normalized spacial score (nSPS) is 29.2. The molecule has 8 heteroatoms. The number of benzene rings is 2. The van der Waals surface area contributed by atoms with Crippen molar-refractivity contribution < 1.29 is 18.7 Å². The molecular weight excluding hydrogens is 505 g/mol. The van der Waals surface area contributed by atoms with E-state index in [-0.39, 0.29) is 41.6 Å². The lowest BCUT2D eigenvalue weighted by Crippen LogP contribution is -2.57. The first-order chi connectivity index (χ1) is 16.3. The summed E-state index contributed by atoms with van der Waals surface area (Å²) < 4.78 is 28.4. The van der Waals surface area contributed by atoms with Crippen LogP contribution in [0.1, 0.15) is 51.7 Å². The van der Waals surface area contributed by atoms with Crippen LogP contribution in [-0.4, -0.2) is 52.5 Å². The number of carbonyl (C=O) groups is 1. The highest BCUT2D eigenvalue weighted by Gasteiger charge is 2.50. The van der Waals surface area contributed by atoms with Crippen LogP contribution in [0.15, 0.2) is 42.5 Å². The van der Waals surface area contributed by atoms with Gasteiger partial charge < -0.3 is 10.0 Å². The molecule has 2 aliphatic rings. The third kappa shape index (κ3) is 5.28. The number of likely N-dealkylation sites (tertiary alicyclic amines) is 2. The molecule has 198 valence electrons. The third-order valence-electron chi connectivity index (χ3n) is 8.06. The Morgan fingerprint density at radius 2 is 1.58 bits per heavy atom. The fraction of sp³-hybridized carbons (Fsp3) is 0.536. The maximum Gasteiger partial charge on any atom is 0.227 e. The molecule has 4 rings (SSSR count). The molecule has 0 aliphatic carbocycles. The van der Waals surface area contributed by atoms with Gasteiger partial charge in [-0.15, -0.1) is 12.4 Å². The zero-order chi connectivity index (χ0) is 25.7. The zero-order valence-corrected chi connectivity index (χ0v) is 23.0. The molecule has 0 bridgehead atoms. The Labute approximate surface area is 224 Å². The summed E-state index contributed by atoms with van der Waals surface area (Å²) >= 11 is 6.05. The molecular formula is C28H36Cl2F2N2O2. The monoisotopic (exact) mass is 540 g/mol. The second kappa shape index (κ2) is 10.6. The van der Waals surface area contributed by atoms with E-state index in [0.29, 0.717) is 36.8 Å². The molecule has 4 nitrogen and oxygen atoms in total. The van der Waals surface area contributed by atoms with Crippen molar-refractivity contribution in [1.82, 2.24) is 9.80 Å². The summed E-state index contributed by atoms with van der Waals surface area (Å²) in [5, 5.41) is 12.3. The Hall–Kier alpha value is -1.73. The molecule has 2 heterocycles. The van der Waals surface area contributed by atoms with Crippen molar-refractivity contribution >= 4 is 29.9 Å². The number of carbonyl (C=O) groups excluding carboxylic acids is 1. The van der Waals surface area contributed by atoms with Crippen LogP contribution in [0.3, 0.4) is 0 Å². The molecule has 1 unspecified atom stereocenters. The predicted molar refractivity (Wildman–Crippen MR) is 141 cm³/mol. The quantitative estimate of drug-likeness (QED) is 0.530. The first kappa shape index (κ1) is 28.8. The molecule has 1 N–H and O–H groups in total. The summed E-state index contributed by atoms with van der Waals surface area (Å²) in [7, 11) is 0. The first-order valence-electron chi connectivity index (χ1n) is 12.3. The van der Waals surface area contributed by atoms with Gasteiger partial charge in [-0.3, -0.25) is 9.69 Å². The fourth-order valence-corrected chi connectivity index (χ4v) is 6.05. The van der Waals surface area contributed by atoms with Gasteiger partial charge in [0.15, 0.2) is 0 Å². The van der Waals surface area contributed by atoms with Crippen LogP contribution in [0.25, 0.3) is 0 Å². The van der Waals surface area contributed by atoms with E-state index in [2.05, 4.69) is 25.7 Å². The molecule has 36 heavy (non-hydrogen) atoms. The minimum Gasteiger partial charge on any atom is -0.384 e. The molecule has 0 saturated carbocycles. The summed E-state index contributed by atoms with van der Waals surface area (Å²) in [4.78, 5) is 17.9. The van der Waals surface area contributed by atoms with Gasteiger partial charge in [0.25, 0.3) is 0 Å². The minimum absolute atomic E-state index is 0. The van der Waals surface area contributed by atoms with Crippen LogP contribution in [-0.2, 0) is 10.4 Å². The number of hydrogen-bond acceptors (Lipinski definition) is 3. The first-order valence-corrected chi connectivity index (χ1v) is 12.7. The van der Waals surface area contributed by atoms with E-state index in [1.807, 2.05) is 30.9 Å². The van der Waals surface area contributed by atoms with Gasteiger partial charge in [0.2, 0.25) is 5.91 Å². The summed E-state index contributed by atoms with van der Waals surface area (Å²) in [5.41, 5.74) is -0.106. The minimum atomic E-state index is -1.09.